The third kappa shape index (κ3) is 42.4. The maximum atomic E-state index is 12.9. The van der Waals surface area contributed by atoms with E-state index in [0.29, 0.717) is 12.8 Å². The van der Waals surface area contributed by atoms with Gasteiger partial charge in [0.05, 0.1) is 6.61 Å². The van der Waals surface area contributed by atoms with Crippen LogP contribution in [0.3, 0.4) is 0 Å². The van der Waals surface area contributed by atoms with E-state index in [9.17, 15) is 37.9 Å². The van der Waals surface area contributed by atoms with Gasteiger partial charge in [-0.3, -0.25) is 14.1 Å². The van der Waals surface area contributed by atoms with E-state index in [-0.39, 0.29) is 19.4 Å². The molecule has 12 nitrogen and oxygen atoms in total. The molecule has 0 aromatic rings. The Labute approximate surface area is 440 Å². The Bertz CT molecular complexity index is 1410. The van der Waals surface area contributed by atoms with Gasteiger partial charge >= 0.3 is 11.9 Å². The number of rotatable bonds is 52. The predicted molar refractivity (Wildman–Crippen MR) is 293 cm³/mol. The second-order valence-corrected chi connectivity index (χ2v) is 22.5. The van der Waals surface area contributed by atoms with Crippen LogP contribution in [0.2, 0.25) is 0 Å². The molecular weight excluding hydrogens is 933 g/mol. The van der Waals surface area contributed by atoms with Crippen molar-refractivity contribution in [1.82, 2.24) is 0 Å². The summed E-state index contributed by atoms with van der Waals surface area (Å²) >= 11 is 0. The summed E-state index contributed by atoms with van der Waals surface area (Å²) in [5.74, 6) is -1.97. The molecule has 72 heavy (non-hydrogen) atoms. The molecule has 6 atom stereocenters. The molecule has 0 aromatic carbocycles. The number of carbonyl (C=O) groups is 2. The summed E-state index contributed by atoms with van der Waals surface area (Å²) in [7, 11) is -4.61. The first kappa shape index (κ1) is 68.1. The largest absolute Gasteiger partial charge is 0.462 e. The Hall–Kier alpha value is -1.87. The number of hydrogen-bond acceptors (Lipinski definition) is 11. The lowest BCUT2D eigenvalue weighted by Gasteiger charge is -2.40. The fraction of sp³-hybridized carbons (Fsp3) is 0.898. The molecular formula is C59H110O12S. The summed E-state index contributed by atoms with van der Waals surface area (Å²) in [6, 6.07) is 0. The Morgan fingerprint density at radius 3 is 1.22 bits per heavy atom. The van der Waals surface area contributed by atoms with Crippen molar-refractivity contribution in [3.63, 3.8) is 0 Å². The third-order valence-electron chi connectivity index (χ3n) is 14.0. The van der Waals surface area contributed by atoms with Gasteiger partial charge in [0.15, 0.2) is 12.4 Å². The molecule has 1 saturated heterocycles. The zero-order valence-electron chi connectivity index (χ0n) is 46.1. The van der Waals surface area contributed by atoms with Crippen LogP contribution in [0, 0.1) is 0 Å². The van der Waals surface area contributed by atoms with Crippen LogP contribution in [0.15, 0.2) is 24.3 Å². The molecule has 0 bridgehead atoms. The predicted octanol–water partition coefficient (Wildman–Crippen LogP) is 14.7. The minimum Gasteiger partial charge on any atom is -0.462 e. The van der Waals surface area contributed by atoms with Crippen molar-refractivity contribution in [3.05, 3.63) is 24.3 Å². The number of unbranched alkanes of at least 4 members (excludes halogenated alkanes) is 36. The molecule has 1 heterocycles. The SMILES string of the molecule is CCCCCCC/C=C\C/C=C\CCCCCCCCCCCC(=O)OC(COC(=O)CCCCCCCCCCCCCCCCCCCCCCCCC)COC1OC(CS(=O)(=O)O)C(O)C(O)C1O. The highest BCUT2D eigenvalue weighted by Crippen LogP contribution is 2.24. The van der Waals surface area contributed by atoms with E-state index < -0.39 is 71.2 Å². The molecule has 4 N–H and O–H groups in total. The first-order chi connectivity index (χ1) is 35.0. The van der Waals surface area contributed by atoms with E-state index in [1.165, 1.54) is 193 Å². The van der Waals surface area contributed by atoms with Crippen LogP contribution in [0.1, 0.15) is 284 Å². The Morgan fingerprint density at radius 2 is 0.833 bits per heavy atom. The van der Waals surface area contributed by atoms with Gasteiger partial charge in [-0.05, 0) is 44.9 Å². The fourth-order valence-electron chi connectivity index (χ4n) is 9.42. The fourth-order valence-corrected chi connectivity index (χ4v) is 10.1. The first-order valence-electron chi connectivity index (χ1n) is 29.9. The molecule has 0 aliphatic carbocycles. The van der Waals surface area contributed by atoms with Gasteiger partial charge in [-0.25, -0.2) is 0 Å². The maximum absolute atomic E-state index is 12.9. The maximum Gasteiger partial charge on any atom is 0.306 e. The van der Waals surface area contributed by atoms with Crippen LogP contribution in [0.25, 0.3) is 0 Å². The second-order valence-electron chi connectivity index (χ2n) is 21.0. The highest BCUT2D eigenvalue weighted by atomic mass is 32.2. The van der Waals surface area contributed by atoms with Crippen LogP contribution >= 0.6 is 0 Å². The van der Waals surface area contributed by atoms with Gasteiger partial charge in [0.1, 0.15) is 36.8 Å². The Balaban J connectivity index is 2.28. The van der Waals surface area contributed by atoms with Crippen molar-refractivity contribution in [1.29, 1.82) is 0 Å². The van der Waals surface area contributed by atoms with Crippen molar-refractivity contribution < 1.29 is 56.8 Å². The Morgan fingerprint density at radius 1 is 0.472 bits per heavy atom. The number of aliphatic hydroxyl groups is 3. The molecule has 0 amide bonds. The molecule has 1 aliphatic rings. The molecule has 13 heteroatoms. The smallest absolute Gasteiger partial charge is 0.306 e. The molecule has 0 spiro atoms. The summed E-state index contributed by atoms with van der Waals surface area (Å²) in [5, 5.41) is 31.1. The number of allylic oxidation sites excluding steroid dienone is 4. The summed E-state index contributed by atoms with van der Waals surface area (Å²) in [5.41, 5.74) is 0. The lowest BCUT2D eigenvalue weighted by atomic mass is 10.00. The van der Waals surface area contributed by atoms with Gasteiger partial charge in [-0.1, -0.05) is 250 Å². The van der Waals surface area contributed by atoms with Crippen molar-refractivity contribution in [2.75, 3.05) is 19.0 Å². The molecule has 0 aromatic heterocycles. The monoisotopic (exact) mass is 1040 g/mol. The average molecular weight is 1040 g/mol. The van der Waals surface area contributed by atoms with Gasteiger partial charge in [0.2, 0.25) is 0 Å². The highest BCUT2D eigenvalue weighted by molar-refractivity contribution is 7.85. The zero-order valence-corrected chi connectivity index (χ0v) is 46.9. The van der Waals surface area contributed by atoms with Crippen molar-refractivity contribution in [2.45, 2.75) is 320 Å². The van der Waals surface area contributed by atoms with Crippen LogP contribution in [0.5, 0.6) is 0 Å². The highest BCUT2D eigenvalue weighted by Gasteiger charge is 2.46. The van der Waals surface area contributed by atoms with Crippen LogP contribution in [0.4, 0.5) is 0 Å². The molecule has 1 aliphatic heterocycles. The van der Waals surface area contributed by atoms with Gasteiger partial charge < -0.3 is 34.3 Å². The minimum atomic E-state index is -4.61. The van der Waals surface area contributed by atoms with Crippen molar-refractivity contribution >= 4 is 22.1 Å². The second kappa shape index (κ2) is 48.8. The summed E-state index contributed by atoms with van der Waals surface area (Å²) in [4.78, 5) is 25.7. The normalized spacial score (nSPS) is 18.9. The molecule has 1 fully saturated rings. The van der Waals surface area contributed by atoms with Gasteiger partial charge in [-0.2, -0.15) is 8.42 Å². The van der Waals surface area contributed by atoms with Gasteiger partial charge in [-0.15, -0.1) is 0 Å². The van der Waals surface area contributed by atoms with Crippen molar-refractivity contribution in [3.8, 4) is 0 Å². The van der Waals surface area contributed by atoms with E-state index in [2.05, 4.69) is 38.2 Å². The molecule has 0 saturated carbocycles. The molecule has 1 rings (SSSR count). The van der Waals surface area contributed by atoms with Crippen LogP contribution < -0.4 is 0 Å². The molecule has 424 valence electrons. The topological polar surface area (TPSA) is 186 Å². The first-order valence-corrected chi connectivity index (χ1v) is 31.5. The lowest BCUT2D eigenvalue weighted by molar-refractivity contribution is -0.297. The summed E-state index contributed by atoms with van der Waals surface area (Å²) in [6.07, 6.45) is 49.3. The third-order valence-corrected chi connectivity index (χ3v) is 14.8. The van der Waals surface area contributed by atoms with E-state index in [0.717, 1.165) is 51.4 Å². The number of ether oxygens (including phenoxy) is 4. The minimum absolute atomic E-state index is 0.163. The van der Waals surface area contributed by atoms with E-state index >= 15 is 0 Å². The van der Waals surface area contributed by atoms with Gasteiger partial charge in [0.25, 0.3) is 10.1 Å². The van der Waals surface area contributed by atoms with Crippen LogP contribution in [-0.2, 0) is 38.7 Å². The van der Waals surface area contributed by atoms with E-state index in [1.54, 1.807) is 0 Å². The molecule has 0 radical (unpaired) electrons. The quantitative estimate of drug-likeness (QED) is 0.0196. The van der Waals surface area contributed by atoms with E-state index in [4.69, 9.17) is 18.9 Å². The average Bonchev–Trinajstić information content (AvgIpc) is 3.35. The summed E-state index contributed by atoms with van der Waals surface area (Å²) < 4.78 is 54.4. The summed E-state index contributed by atoms with van der Waals surface area (Å²) in [6.45, 7) is 3.81. The van der Waals surface area contributed by atoms with Crippen molar-refractivity contribution in [2.24, 2.45) is 0 Å². The lowest BCUT2D eigenvalue weighted by Crippen LogP contribution is -2.60. The van der Waals surface area contributed by atoms with E-state index in [1.807, 2.05) is 0 Å². The number of carbonyl (C=O) groups excluding carboxylic acids is 2. The Kier molecular flexibility index (Phi) is 46.1. The number of hydrogen-bond donors (Lipinski definition) is 4. The number of esters is 2. The molecule has 6 unspecified atom stereocenters. The number of aliphatic hydroxyl groups excluding tert-OH is 3. The van der Waals surface area contributed by atoms with Gasteiger partial charge in [0, 0.05) is 12.8 Å². The standard InChI is InChI=1S/C59H110O12S/c1-3-5-7-9-11-13-15-17-19-21-23-25-26-28-29-31-33-35-37-39-41-43-45-47-54(60)68-49-52(50-69-59-58(64)57(63)56(62)53(71-59)51-72(65,66)67)70-55(61)48-46-44-42-40-38-36-34-32-30-27-24-22-20-18-16-14-12-10-8-6-4-2/h16,18,22,24,52-53,56-59,62-64H,3-15,17,19-21,23,25-51H2,1-2H3,(H,65,66,67)/b18-16-,24-22-. The van der Waals surface area contributed by atoms with Crippen LogP contribution in [-0.4, -0.2) is 96.0 Å². The zero-order chi connectivity index (χ0) is 52.6.